The van der Waals surface area contributed by atoms with E-state index in [-0.39, 0.29) is 38.7 Å². The summed E-state index contributed by atoms with van der Waals surface area (Å²) in [6.07, 6.45) is 0.894. The minimum Gasteiger partial charge on any atom is -0.450 e. The molecule has 148 valence electrons. The first-order valence-corrected chi connectivity index (χ1v) is 10.4. The number of anilines is 2. The van der Waals surface area contributed by atoms with E-state index in [0.29, 0.717) is 24.3 Å². The number of piperazine rings is 1. The monoisotopic (exact) mass is 396 g/mol. The van der Waals surface area contributed by atoms with Crippen LogP contribution in [0, 0.1) is 0 Å². The molecule has 0 bridgehead atoms. The predicted molar refractivity (Wildman–Crippen MR) is 101 cm³/mol. The molecule has 9 nitrogen and oxygen atoms in total. The summed E-state index contributed by atoms with van der Waals surface area (Å²) in [4.78, 5) is 26.8. The highest BCUT2D eigenvalue weighted by atomic mass is 32.2. The highest BCUT2D eigenvalue weighted by Crippen LogP contribution is 2.25. The van der Waals surface area contributed by atoms with Crippen molar-refractivity contribution in [2.24, 2.45) is 0 Å². The van der Waals surface area contributed by atoms with Crippen LogP contribution in [-0.4, -0.2) is 69.0 Å². The van der Waals surface area contributed by atoms with Crippen molar-refractivity contribution in [3.05, 3.63) is 24.3 Å². The van der Waals surface area contributed by atoms with E-state index in [4.69, 9.17) is 4.74 Å². The number of amides is 2. The Hall–Kier alpha value is -2.33. The summed E-state index contributed by atoms with van der Waals surface area (Å²) in [5.74, 6) is 0.0464. The Morgan fingerprint density at radius 1 is 1.19 bits per heavy atom. The first-order chi connectivity index (χ1) is 12.9. The van der Waals surface area contributed by atoms with E-state index < -0.39 is 16.3 Å². The van der Waals surface area contributed by atoms with Gasteiger partial charge in [0.2, 0.25) is 5.91 Å². The lowest BCUT2D eigenvalue weighted by atomic mass is 10.2. The number of hydrogen-bond donors (Lipinski definition) is 1. The summed E-state index contributed by atoms with van der Waals surface area (Å²) in [7, 11) is -3.75. The molecule has 2 aliphatic heterocycles. The van der Waals surface area contributed by atoms with Crippen molar-refractivity contribution >= 4 is 33.6 Å². The van der Waals surface area contributed by atoms with E-state index in [1.54, 1.807) is 36.1 Å². The molecule has 10 heteroatoms. The normalized spacial score (nSPS) is 18.6. The Balaban J connectivity index is 1.63. The van der Waals surface area contributed by atoms with Crippen LogP contribution in [0.15, 0.2) is 24.3 Å². The van der Waals surface area contributed by atoms with Gasteiger partial charge in [-0.15, -0.1) is 0 Å². The number of nitrogens with one attached hydrogen (secondary N) is 1. The topological polar surface area (TPSA) is 99.3 Å². The van der Waals surface area contributed by atoms with Crippen molar-refractivity contribution < 1.29 is 22.7 Å². The summed E-state index contributed by atoms with van der Waals surface area (Å²) in [5.41, 5.74) is 1.09. The number of nitrogens with zero attached hydrogens (tertiary/aromatic N) is 3. The first kappa shape index (κ1) is 19.4. The molecular weight excluding hydrogens is 372 g/mol. The van der Waals surface area contributed by atoms with E-state index in [2.05, 4.69) is 4.72 Å². The van der Waals surface area contributed by atoms with Crippen LogP contribution in [0.5, 0.6) is 0 Å². The van der Waals surface area contributed by atoms with Crippen LogP contribution in [-0.2, 0) is 19.7 Å². The van der Waals surface area contributed by atoms with Crippen LogP contribution in [0.4, 0.5) is 16.2 Å². The Bertz CT molecular complexity index is 805. The lowest BCUT2D eigenvalue weighted by Crippen LogP contribution is -2.51. The van der Waals surface area contributed by atoms with Crippen molar-refractivity contribution in [2.75, 3.05) is 49.0 Å². The van der Waals surface area contributed by atoms with Crippen LogP contribution in [0.2, 0.25) is 0 Å². The van der Waals surface area contributed by atoms with Gasteiger partial charge < -0.3 is 14.5 Å². The van der Waals surface area contributed by atoms with Crippen LogP contribution < -0.4 is 9.62 Å². The lowest BCUT2D eigenvalue weighted by molar-refractivity contribution is -0.117. The van der Waals surface area contributed by atoms with E-state index in [0.717, 1.165) is 6.42 Å². The molecule has 1 aromatic carbocycles. The molecular formula is C17H24N4O5S. The van der Waals surface area contributed by atoms with Crippen molar-refractivity contribution in [1.82, 2.24) is 9.21 Å². The third-order valence-electron chi connectivity index (χ3n) is 4.58. The van der Waals surface area contributed by atoms with Gasteiger partial charge in [-0.05, 0) is 31.5 Å². The third-order valence-corrected chi connectivity index (χ3v) is 6.12. The molecule has 3 rings (SSSR count). The molecule has 2 fully saturated rings. The molecule has 0 spiro atoms. The van der Waals surface area contributed by atoms with Gasteiger partial charge in [-0.1, -0.05) is 6.07 Å². The Morgan fingerprint density at radius 3 is 2.56 bits per heavy atom. The standard InChI is InChI=1S/C17H24N4O5S/c1-2-26-17(23)19-9-11-20(12-10-19)27(24,25)18-14-5-3-6-15(13-14)21-8-4-7-16(21)22/h3,5-6,13,18H,2,4,7-12H2,1H3. The molecule has 2 amide bonds. The largest absolute Gasteiger partial charge is 0.450 e. The molecule has 2 aliphatic rings. The van der Waals surface area contributed by atoms with Crippen LogP contribution >= 0.6 is 0 Å². The smallest absolute Gasteiger partial charge is 0.409 e. The Labute approximate surface area is 159 Å². The fraction of sp³-hybridized carbons (Fsp3) is 0.529. The molecule has 1 aromatic rings. The van der Waals surface area contributed by atoms with Crippen LogP contribution in [0.3, 0.4) is 0 Å². The van der Waals surface area contributed by atoms with Gasteiger partial charge in [0.15, 0.2) is 0 Å². The van der Waals surface area contributed by atoms with Gasteiger partial charge >= 0.3 is 16.3 Å². The average molecular weight is 396 g/mol. The molecule has 27 heavy (non-hydrogen) atoms. The van der Waals surface area contributed by atoms with Crippen LogP contribution in [0.1, 0.15) is 19.8 Å². The van der Waals surface area contributed by atoms with E-state index in [1.165, 1.54) is 9.21 Å². The highest BCUT2D eigenvalue weighted by Gasteiger charge is 2.29. The molecule has 1 N–H and O–H groups in total. The summed E-state index contributed by atoms with van der Waals surface area (Å²) in [6, 6.07) is 6.82. The number of benzene rings is 1. The van der Waals surface area contributed by atoms with Gasteiger partial charge in [0, 0.05) is 44.8 Å². The van der Waals surface area contributed by atoms with E-state index in [9.17, 15) is 18.0 Å². The van der Waals surface area contributed by atoms with Gasteiger partial charge in [-0.2, -0.15) is 12.7 Å². The molecule has 0 aliphatic carbocycles. The number of carbonyl (C=O) groups is 2. The minimum absolute atomic E-state index is 0.0464. The predicted octanol–water partition coefficient (Wildman–Crippen LogP) is 1.24. The molecule has 0 radical (unpaired) electrons. The first-order valence-electron chi connectivity index (χ1n) is 9.01. The number of carbonyl (C=O) groups excluding carboxylic acids is 2. The summed E-state index contributed by atoms with van der Waals surface area (Å²) in [6.45, 7) is 3.60. The van der Waals surface area contributed by atoms with Gasteiger partial charge in [0.1, 0.15) is 0 Å². The zero-order valence-electron chi connectivity index (χ0n) is 15.3. The Morgan fingerprint density at radius 2 is 1.93 bits per heavy atom. The molecule has 0 aromatic heterocycles. The van der Waals surface area contributed by atoms with Crippen molar-refractivity contribution in [1.29, 1.82) is 0 Å². The summed E-state index contributed by atoms with van der Waals surface area (Å²) in [5, 5.41) is 0. The van der Waals surface area contributed by atoms with Crippen molar-refractivity contribution in [3.8, 4) is 0 Å². The van der Waals surface area contributed by atoms with Gasteiger partial charge in [-0.25, -0.2) is 4.79 Å². The van der Waals surface area contributed by atoms with E-state index >= 15 is 0 Å². The fourth-order valence-electron chi connectivity index (χ4n) is 3.20. The highest BCUT2D eigenvalue weighted by molar-refractivity contribution is 7.90. The molecule has 2 heterocycles. The fourth-order valence-corrected chi connectivity index (χ4v) is 4.40. The number of rotatable bonds is 5. The second kappa shape index (κ2) is 8.13. The lowest BCUT2D eigenvalue weighted by Gasteiger charge is -2.33. The van der Waals surface area contributed by atoms with Gasteiger partial charge in [-0.3, -0.25) is 9.52 Å². The second-order valence-electron chi connectivity index (χ2n) is 6.39. The zero-order chi connectivity index (χ0) is 19.4. The maximum absolute atomic E-state index is 12.7. The third kappa shape index (κ3) is 4.51. The van der Waals surface area contributed by atoms with Crippen molar-refractivity contribution in [2.45, 2.75) is 19.8 Å². The molecule has 0 unspecified atom stereocenters. The van der Waals surface area contributed by atoms with Gasteiger partial charge in [0.25, 0.3) is 0 Å². The SMILES string of the molecule is CCOC(=O)N1CCN(S(=O)(=O)Nc2cccc(N3CCCC3=O)c2)CC1. The average Bonchev–Trinajstić information content (AvgIpc) is 3.08. The Kier molecular flexibility index (Phi) is 5.85. The second-order valence-corrected chi connectivity index (χ2v) is 8.06. The minimum atomic E-state index is -3.75. The van der Waals surface area contributed by atoms with Gasteiger partial charge in [0.05, 0.1) is 12.3 Å². The summed E-state index contributed by atoms with van der Waals surface area (Å²) < 4.78 is 34.1. The van der Waals surface area contributed by atoms with Crippen molar-refractivity contribution in [3.63, 3.8) is 0 Å². The maximum Gasteiger partial charge on any atom is 0.409 e. The molecule has 2 saturated heterocycles. The van der Waals surface area contributed by atoms with E-state index in [1.807, 2.05) is 0 Å². The number of ether oxygens (including phenoxy) is 1. The summed E-state index contributed by atoms with van der Waals surface area (Å²) >= 11 is 0. The number of hydrogen-bond acceptors (Lipinski definition) is 5. The van der Waals surface area contributed by atoms with Crippen LogP contribution in [0.25, 0.3) is 0 Å². The molecule has 0 saturated carbocycles. The zero-order valence-corrected chi connectivity index (χ0v) is 16.1. The quantitative estimate of drug-likeness (QED) is 0.807. The molecule has 0 atom stereocenters. The maximum atomic E-state index is 12.7.